The van der Waals surface area contributed by atoms with Gasteiger partial charge < -0.3 is 9.80 Å². The Kier molecular flexibility index (Phi) is 4.28. The number of aryl methyl sites for hydroxylation is 1. The Hall–Kier alpha value is -3.21. The van der Waals surface area contributed by atoms with Gasteiger partial charge in [0.1, 0.15) is 5.69 Å². The van der Waals surface area contributed by atoms with E-state index in [1.54, 1.807) is 12.3 Å². The third kappa shape index (κ3) is 3.03. The summed E-state index contributed by atoms with van der Waals surface area (Å²) in [7, 11) is 0. The Labute approximate surface area is 164 Å². The van der Waals surface area contributed by atoms with Gasteiger partial charge in [0.2, 0.25) is 5.95 Å². The highest BCUT2D eigenvalue weighted by Gasteiger charge is 2.25. The van der Waals surface area contributed by atoms with E-state index in [2.05, 4.69) is 51.3 Å². The largest absolute Gasteiger partial charge is 0.333 e. The van der Waals surface area contributed by atoms with E-state index in [4.69, 9.17) is 0 Å². The molecule has 2 aliphatic heterocycles. The van der Waals surface area contributed by atoms with E-state index < -0.39 is 0 Å². The Morgan fingerprint density at radius 1 is 0.857 bits per heavy atom. The van der Waals surface area contributed by atoms with Crippen LogP contribution in [0.3, 0.4) is 0 Å². The van der Waals surface area contributed by atoms with Gasteiger partial charge in [-0.2, -0.15) is 0 Å². The van der Waals surface area contributed by atoms with E-state index in [-0.39, 0.29) is 5.91 Å². The van der Waals surface area contributed by atoms with Gasteiger partial charge in [0.05, 0.1) is 0 Å². The van der Waals surface area contributed by atoms with E-state index in [9.17, 15) is 4.79 Å². The number of carbonyl (C=O) groups is 1. The molecule has 0 N–H and O–H groups in total. The number of rotatable bonds is 2. The molecule has 0 aliphatic carbocycles. The van der Waals surface area contributed by atoms with Crippen molar-refractivity contribution in [2.45, 2.75) is 25.8 Å². The molecule has 0 atom stereocenters. The fourth-order valence-corrected chi connectivity index (χ4v) is 4.17. The van der Waals surface area contributed by atoms with E-state index in [0.29, 0.717) is 18.2 Å². The number of anilines is 2. The minimum atomic E-state index is -0.0246. The van der Waals surface area contributed by atoms with Crippen molar-refractivity contribution in [2.75, 3.05) is 18.0 Å². The number of benzene rings is 2. The van der Waals surface area contributed by atoms with Crippen molar-refractivity contribution >= 4 is 17.5 Å². The summed E-state index contributed by atoms with van der Waals surface area (Å²) in [5.41, 5.74) is 5.47. The van der Waals surface area contributed by atoms with Gasteiger partial charge >= 0.3 is 0 Å². The molecule has 0 saturated heterocycles. The molecular formula is C23H22N4O. The van der Waals surface area contributed by atoms with Gasteiger partial charge in [-0.05, 0) is 48.1 Å². The fourth-order valence-electron chi connectivity index (χ4n) is 4.17. The van der Waals surface area contributed by atoms with Crippen LogP contribution in [0, 0.1) is 0 Å². The van der Waals surface area contributed by atoms with Crippen LogP contribution in [0.2, 0.25) is 0 Å². The SMILES string of the molecule is O=C(c1ccnc(N2CCCc3ccccc32)n1)N1CCc2ccccc2C1. The van der Waals surface area contributed by atoms with E-state index in [1.807, 2.05) is 17.0 Å². The van der Waals surface area contributed by atoms with Crippen molar-refractivity contribution in [1.82, 2.24) is 14.9 Å². The maximum Gasteiger partial charge on any atom is 0.272 e. The molecule has 3 aromatic rings. The molecule has 140 valence electrons. The van der Waals surface area contributed by atoms with Crippen molar-refractivity contribution in [3.05, 3.63) is 83.2 Å². The summed E-state index contributed by atoms with van der Waals surface area (Å²) in [6, 6.07) is 18.4. The number of hydrogen-bond acceptors (Lipinski definition) is 4. The molecule has 5 rings (SSSR count). The molecule has 2 aromatic carbocycles. The summed E-state index contributed by atoms with van der Waals surface area (Å²) in [6.45, 7) is 2.23. The highest BCUT2D eigenvalue weighted by Crippen LogP contribution is 2.31. The Balaban J connectivity index is 1.42. The number of carbonyl (C=O) groups excluding carboxylic acids is 1. The lowest BCUT2D eigenvalue weighted by molar-refractivity contribution is 0.0728. The molecule has 28 heavy (non-hydrogen) atoms. The van der Waals surface area contributed by atoms with Gasteiger partial charge in [0, 0.05) is 31.5 Å². The van der Waals surface area contributed by atoms with Crippen LogP contribution >= 0.6 is 0 Å². The highest BCUT2D eigenvalue weighted by atomic mass is 16.2. The number of para-hydroxylation sites is 1. The second-order valence-electron chi connectivity index (χ2n) is 7.37. The monoisotopic (exact) mass is 370 g/mol. The molecule has 0 spiro atoms. The van der Waals surface area contributed by atoms with E-state index >= 15 is 0 Å². The van der Waals surface area contributed by atoms with E-state index in [1.165, 1.54) is 16.7 Å². The zero-order valence-electron chi connectivity index (χ0n) is 15.7. The standard InChI is InChI=1S/C23H22N4O/c28-22(26-15-12-17-6-1-2-8-19(17)16-26)20-11-13-24-23(25-20)27-14-5-9-18-7-3-4-10-21(18)27/h1-4,6-8,10-11,13H,5,9,12,14-16H2. The number of nitrogens with zero attached hydrogens (tertiary/aromatic N) is 4. The first-order chi connectivity index (χ1) is 13.8. The molecule has 0 saturated carbocycles. The summed E-state index contributed by atoms with van der Waals surface area (Å²) in [5, 5.41) is 0. The molecule has 0 fully saturated rings. The summed E-state index contributed by atoms with van der Waals surface area (Å²) >= 11 is 0. The molecule has 1 aromatic heterocycles. The van der Waals surface area contributed by atoms with Crippen LogP contribution in [0.15, 0.2) is 60.8 Å². The van der Waals surface area contributed by atoms with Crippen LogP contribution in [0.5, 0.6) is 0 Å². The van der Waals surface area contributed by atoms with Crippen molar-refractivity contribution in [2.24, 2.45) is 0 Å². The third-order valence-electron chi connectivity index (χ3n) is 5.63. The molecule has 0 unspecified atom stereocenters. The Morgan fingerprint density at radius 3 is 2.54 bits per heavy atom. The minimum Gasteiger partial charge on any atom is -0.333 e. The molecular weight excluding hydrogens is 348 g/mol. The average Bonchev–Trinajstić information content (AvgIpc) is 2.78. The second-order valence-corrected chi connectivity index (χ2v) is 7.37. The van der Waals surface area contributed by atoms with Crippen LogP contribution in [0.4, 0.5) is 11.6 Å². The molecule has 3 heterocycles. The first kappa shape index (κ1) is 16.9. The normalized spacial score (nSPS) is 15.7. The molecule has 0 radical (unpaired) electrons. The summed E-state index contributed by atoms with van der Waals surface area (Å²) < 4.78 is 0. The predicted octanol–water partition coefficient (Wildman–Crippen LogP) is 3.76. The van der Waals surface area contributed by atoms with Gasteiger partial charge in [-0.25, -0.2) is 9.97 Å². The van der Waals surface area contributed by atoms with Gasteiger partial charge in [0.15, 0.2) is 0 Å². The zero-order valence-corrected chi connectivity index (χ0v) is 15.7. The first-order valence-corrected chi connectivity index (χ1v) is 9.84. The number of amides is 1. The van der Waals surface area contributed by atoms with Crippen molar-refractivity contribution in [3.63, 3.8) is 0 Å². The van der Waals surface area contributed by atoms with Crippen molar-refractivity contribution < 1.29 is 4.79 Å². The van der Waals surface area contributed by atoms with Crippen LogP contribution in [0.1, 0.15) is 33.6 Å². The van der Waals surface area contributed by atoms with Crippen LogP contribution in [-0.4, -0.2) is 33.9 Å². The predicted molar refractivity (Wildman–Crippen MR) is 109 cm³/mol. The van der Waals surface area contributed by atoms with Gasteiger partial charge in [-0.15, -0.1) is 0 Å². The molecule has 1 amide bonds. The molecule has 5 heteroatoms. The first-order valence-electron chi connectivity index (χ1n) is 9.84. The summed E-state index contributed by atoms with van der Waals surface area (Å²) in [5.74, 6) is 0.582. The maximum atomic E-state index is 13.1. The van der Waals surface area contributed by atoms with Crippen LogP contribution in [-0.2, 0) is 19.4 Å². The minimum absolute atomic E-state index is 0.0246. The fraction of sp³-hybridized carbons (Fsp3) is 0.261. The average molecular weight is 370 g/mol. The van der Waals surface area contributed by atoms with Crippen molar-refractivity contribution in [1.29, 1.82) is 0 Å². The molecule has 0 bridgehead atoms. The van der Waals surface area contributed by atoms with Gasteiger partial charge in [-0.3, -0.25) is 4.79 Å². The van der Waals surface area contributed by atoms with Gasteiger partial charge in [0.25, 0.3) is 5.91 Å². The lowest BCUT2D eigenvalue weighted by atomic mass is 10.00. The number of hydrogen-bond donors (Lipinski definition) is 0. The van der Waals surface area contributed by atoms with Crippen LogP contribution < -0.4 is 4.90 Å². The number of aromatic nitrogens is 2. The summed E-state index contributed by atoms with van der Waals surface area (Å²) in [4.78, 5) is 26.2. The highest BCUT2D eigenvalue weighted by molar-refractivity contribution is 5.92. The quantitative estimate of drug-likeness (QED) is 0.689. The molecule has 2 aliphatic rings. The van der Waals surface area contributed by atoms with E-state index in [0.717, 1.165) is 38.0 Å². The Morgan fingerprint density at radius 2 is 1.64 bits per heavy atom. The van der Waals surface area contributed by atoms with Crippen LogP contribution in [0.25, 0.3) is 0 Å². The lowest BCUT2D eigenvalue weighted by Crippen LogP contribution is -2.36. The second kappa shape index (κ2) is 7.08. The smallest absolute Gasteiger partial charge is 0.272 e. The maximum absolute atomic E-state index is 13.1. The van der Waals surface area contributed by atoms with Crippen molar-refractivity contribution in [3.8, 4) is 0 Å². The topological polar surface area (TPSA) is 49.3 Å². The lowest BCUT2D eigenvalue weighted by Gasteiger charge is -2.30. The number of fused-ring (bicyclic) bond motifs is 2. The molecule has 5 nitrogen and oxygen atoms in total. The summed E-state index contributed by atoms with van der Waals surface area (Å²) in [6.07, 6.45) is 4.71. The zero-order chi connectivity index (χ0) is 18.9. The third-order valence-corrected chi connectivity index (χ3v) is 5.63. The van der Waals surface area contributed by atoms with Gasteiger partial charge in [-0.1, -0.05) is 42.5 Å². The Bertz CT molecular complexity index is 1030.